The third-order valence-corrected chi connectivity index (χ3v) is 4.80. The number of benzene rings is 2. The Morgan fingerprint density at radius 3 is 2.42 bits per heavy atom. The van der Waals surface area contributed by atoms with Gasteiger partial charge in [0.25, 0.3) is 11.8 Å². The largest absolute Gasteiger partial charge is 0.285 e. The predicted octanol–water partition coefficient (Wildman–Crippen LogP) is 4.85. The summed E-state index contributed by atoms with van der Waals surface area (Å²) in [4.78, 5) is 31.4. The van der Waals surface area contributed by atoms with E-state index in [1.807, 2.05) is 48.5 Å². The molecule has 0 aromatic heterocycles. The van der Waals surface area contributed by atoms with Crippen molar-refractivity contribution in [2.45, 2.75) is 51.6 Å². The van der Waals surface area contributed by atoms with E-state index in [1.165, 1.54) is 0 Å². The lowest BCUT2D eigenvalue weighted by Crippen LogP contribution is -2.44. The summed E-state index contributed by atoms with van der Waals surface area (Å²) >= 11 is 0. The van der Waals surface area contributed by atoms with Crippen molar-refractivity contribution in [1.82, 2.24) is 5.06 Å². The Morgan fingerprint density at radius 1 is 0.923 bits per heavy atom. The van der Waals surface area contributed by atoms with Gasteiger partial charge in [0.05, 0.1) is 5.92 Å². The van der Waals surface area contributed by atoms with Crippen LogP contribution in [-0.4, -0.2) is 16.9 Å². The number of unbranched alkanes of at least 4 members (excludes halogenated alkanes) is 3. The summed E-state index contributed by atoms with van der Waals surface area (Å²) in [6.07, 6.45) is 5.13. The Kier molecular flexibility index (Phi) is 6.18. The van der Waals surface area contributed by atoms with Crippen molar-refractivity contribution in [3.8, 4) is 0 Å². The van der Waals surface area contributed by atoms with Crippen LogP contribution in [0.15, 0.2) is 54.6 Å². The molecule has 2 aromatic rings. The third-order valence-electron chi connectivity index (χ3n) is 4.80. The van der Waals surface area contributed by atoms with Crippen molar-refractivity contribution in [3.63, 3.8) is 0 Å². The van der Waals surface area contributed by atoms with E-state index in [0.717, 1.165) is 48.3 Å². The van der Waals surface area contributed by atoms with Crippen LogP contribution in [0.4, 0.5) is 0 Å². The minimum Gasteiger partial charge on any atom is -0.271 e. The highest BCUT2D eigenvalue weighted by atomic mass is 16.7. The topological polar surface area (TPSA) is 46.6 Å². The van der Waals surface area contributed by atoms with Crippen molar-refractivity contribution in [3.05, 3.63) is 71.3 Å². The van der Waals surface area contributed by atoms with E-state index >= 15 is 0 Å². The Hall–Kier alpha value is -2.46. The van der Waals surface area contributed by atoms with Gasteiger partial charge in [-0.3, -0.25) is 14.4 Å². The third kappa shape index (κ3) is 4.02. The number of imide groups is 1. The molecule has 0 aliphatic carbocycles. The maximum atomic E-state index is 13.0. The van der Waals surface area contributed by atoms with Gasteiger partial charge in [-0.1, -0.05) is 81.1 Å². The van der Waals surface area contributed by atoms with Crippen LogP contribution in [0.3, 0.4) is 0 Å². The number of hydroxylamine groups is 2. The van der Waals surface area contributed by atoms with Crippen LogP contribution in [0, 0.1) is 0 Å². The molecule has 4 nitrogen and oxygen atoms in total. The van der Waals surface area contributed by atoms with E-state index in [-0.39, 0.29) is 24.3 Å². The van der Waals surface area contributed by atoms with Crippen molar-refractivity contribution < 1.29 is 14.4 Å². The molecular weight excluding hydrogens is 326 g/mol. The molecule has 1 atom stereocenters. The minimum absolute atomic E-state index is 0.197. The Balaban J connectivity index is 1.77. The van der Waals surface area contributed by atoms with E-state index in [2.05, 4.69) is 6.92 Å². The average molecular weight is 351 g/mol. The lowest BCUT2D eigenvalue weighted by atomic mass is 9.85. The lowest BCUT2D eigenvalue weighted by Gasteiger charge is -2.31. The maximum absolute atomic E-state index is 13.0. The Morgan fingerprint density at radius 2 is 1.65 bits per heavy atom. The molecule has 1 heterocycles. The highest BCUT2D eigenvalue weighted by molar-refractivity contribution is 6.10. The van der Waals surface area contributed by atoms with Crippen LogP contribution in [0.25, 0.3) is 0 Å². The molecule has 3 rings (SSSR count). The molecule has 0 fully saturated rings. The first-order valence-corrected chi connectivity index (χ1v) is 9.36. The fourth-order valence-corrected chi connectivity index (χ4v) is 3.37. The highest BCUT2D eigenvalue weighted by Gasteiger charge is 2.39. The molecule has 2 amide bonds. The van der Waals surface area contributed by atoms with Gasteiger partial charge in [0.1, 0.15) is 6.61 Å². The number of hydrogen-bond donors (Lipinski definition) is 0. The van der Waals surface area contributed by atoms with E-state index in [9.17, 15) is 9.59 Å². The highest BCUT2D eigenvalue weighted by Crippen LogP contribution is 2.33. The molecule has 136 valence electrons. The van der Waals surface area contributed by atoms with Gasteiger partial charge in [0, 0.05) is 5.56 Å². The number of fused-ring (bicyclic) bond motifs is 1. The fourth-order valence-electron chi connectivity index (χ4n) is 3.37. The van der Waals surface area contributed by atoms with Crippen LogP contribution in [0.1, 0.15) is 66.4 Å². The molecule has 2 aromatic carbocycles. The monoisotopic (exact) mass is 351 g/mol. The zero-order valence-electron chi connectivity index (χ0n) is 15.2. The van der Waals surface area contributed by atoms with E-state index in [1.54, 1.807) is 6.07 Å². The minimum atomic E-state index is -0.369. The van der Waals surface area contributed by atoms with Crippen LogP contribution in [-0.2, 0) is 16.2 Å². The van der Waals surface area contributed by atoms with Crippen molar-refractivity contribution >= 4 is 11.8 Å². The van der Waals surface area contributed by atoms with E-state index in [4.69, 9.17) is 4.84 Å². The molecule has 0 saturated carbocycles. The molecule has 1 aliphatic rings. The number of amides is 2. The zero-order chi connectivity index (χ0) is 18.4. The van der Waals surface area contributed by atoms with Gasteiger partial charge in [0.15, 0.2) is 0 Å². The molecule has 1 unspecified atom stereocenters. The Labute approximate surface area is 154 Å². The molecule has 0 bridgehead atoms. The predicted molar refractivity (Wildman–Crippen MR) is 100 cm³/mol. The van der Waals surface area contributed by atoms with Gasteiger partial charge in [-0.25, -0.2) is 0 Å². The van der Waals surface area contributed by atoms with Crippen molar-refractivity contribution in [1.29, 1.82) is 0 Å². The van der Waals surface area contributed by atoms with Gasteiger partial charge in [-0.2, -0.15) is 0 Å². The summed E-state index contributed by atoms with van der Waals surface area (Å²) in [5.74, 6) is -0.927. The molecule has 0 spiro atoms. The standard InChI is InChI=1S/C22H25NO3/c1-2-3-4-8-14-19-18-13-9-10-15-20(18)22(25)23(21(19)24)26-16-17-11-6-5-7-12-17/h5-7,9-13,15,19H,2-4,8,14,16H2,1H3. The van der Waals surface area contributed by atoms with Crippen LogP contribution in [0.2, 0.25) is 0 Å². The van der Waals surface area contributed by atoms with Gasteiger partial charge in [-0.05, 0) is 23.6 Å². The molecule has 1 aliphatic heterocycles. The molecule has 4 heteroatoms. The quantitative estimate of drug-likeness (QED) is 0.504. The van der Waals surface area contributed by atoms with Gasteiger partial charge < -0.3 is 0 Å². The first-order chi connectivity index (χ1) is 12.7. The summed E-state index contributed by atoms with van der Waals surface area (Å²) in [7, 11) is 0. The van der Waals surface area contributed by atoms with Crippen LogP contribution in [0.5, 0.6) is 0 Å². The molecule has 0 N–H and O–H groups in total. The molecule has 26 heavy (non-hydrogen) atoms. The van der Waals surface area contributed by atoms with Gasteiger partial charge in [-0.15, -0.1) is 5.06 Å². The van der Waals surface area contributed by atoms with Gasteiger partial charge in [0.2, 0.25) is 0 Å². The van der Waals surface area contributed by atoms with E-state index < -0.39 is 0 Å². The smallest absolute Gasteiger partial charge is 0.271 e. The number of nitrogens with zero attached hydrogens (tertiary/aromatic N) is 1. The molecule has 0 radical (unpaired) electrons. The zero-order valence-corrected chi connectivity index (χ0v) is 15.2. The summed E-state index contributed by atoms with van der Waals surface area (Å²) in [5.41, 5.74) is 2.32. The summed E-state index contributed by atoms with van der Waals surface area (Å²) in [6, 6.07) is 16.9. The second-order valence-electron chi connectivity index (χ2n) is 6.69. The number of hydrogen-bond acceptors (Lipinski definition) is 3. The second kappa shape index (κ2) is 8.77. The molecular formula is C22H25NO3. The second-order valence-corrected chi connectivity index (χ2v) is 6.69. The van der Waals surface area contributed by atoms with Gasteiger partial charge >= 0.3 is 0 Å². The van der Waals surface area contributed by atoms with Crippen LogP contribution < -0.4 is 0 Å². The number of carbonyl (C=O) groups is 2. The van der Waals surface area contributed by atoms with Crippen LogP contribution >= 0.6 is 0 Å². The summed E-state index contributed by atoms with van der Waals surface area (Å²) < 4.78 is 0. The number of rotatable bonds is 8. The normalized spacial score (nSPS) is 16.7. The van der Waals surface area contributed by atoms with Crippen molar-refractivity contribution in [2.24, 2.45) is 0 Å². The summed E-state index contributed by atoms with van der Waals surface area (Å²) in [5, 5.41) is 0.972. The van der Waals surface area contributed by atoms with E-state index in [0.29, 0.717) is 5.56 Å². The average Bonchev–Trinajstić information content (AvgIpc) is 2.68. The van der Waals surface area contributed by atoms with Crippen molar-refractivity contribution in [2.75, 3.05) is 0 Å². The number of carbonyl (C=O) groups excluding carboxylic acids is 2. The summed E-state index contributed by atoms with van der Waals surface area (Å²) in [6.45, 7) is 2.36. The Bertz CT molecular complexity index is 757. The first-order valence-electron chi connectivity index (χ1n) is 9.36. The maximum Gasteiger partial charge on any atom is 0.285 e. The molecule has 0 saturated heterocycles. The fraction of sp³-hybridized carbons (Fsp3) is 0.364. The SMILES string of the molecule is CCCCCCC1C(=O)N(OCc2ccccc2)C(=O)c2ccccc21. The first kappa shape index (κ1) is 18.3. The lowest BCUT2D eigenvalue weighted by molar-refractivity contribution is -0.176.